The number of amides is 2. The molecule has 1 aliphatic rings. The van der Waals surface area contributed by atoms with Crippen molar-refractivity contribution >= 4 is 21.9 Å². The number of nitrogens with zero attached hydrogens (tertiary/aromatic N) is 2. The van der Waals surface area contributed by atoms with Gasteiger partial charge in [0.15, 0.2) is 0 Å². The fourth-order valence-electron chi connectivity index (χ4n) is 2.94. The highest BCUT2D eigenvalue weighted by Gasteiger charge is 2.45. The first-order chi connectivity index (χ1) is 12.4. The highest BCUT2D eigenvalue weighted by atomic mass is 32.2. The molecule has 1 aliphatic carbocycles. The predicted molar refractivity (Wildman–Crippen MR) is 99.5 cm³/mol. The average Bonchev–Trinajstić information content (AvgIpc) is 3.43. The first kappa shape index (κ1) is 18.3. The summed E-state index contributed by atoms with van der Waals surface area (Å²) in [5.74, 6) is 0.307. The Morgan fingerprint density at radius 2 is 1.88 bits per heavy atom. The van der Waals surface area contributed by atoms with Gasteiger partial charge in [-0.15, -0.1) is 0 Å². The molecule has 0 bridgehead atoms. The number of carbonyl (C=O) groups is 1. The average molecular weight is 374 g/mol. The smallest absolute Gasteiger partial charge is 0.322 e. The van der Waals surface area contributed by atoms with Gasteiger partial charge in [0.25, 0.3) is 0 Å². The topological polar surface area (TPSA) is 91.4 Å². The first-order valence-corrected chi connectivity index (χ1v) is 9.82. The van der Waals surface area contributed by atoms with Gasteiger partial charge in [-0.2, -0.15) is 0 Å². The SMILES string of the molecule is CNS(=O)(=O)c1ccc(NC(=O)N(C)CC2(c3ccccc3)CC2)nc1. The molecule has 0 atom stereocenters. The minimum atomic E-state index is -3.54. The summed E-state index contributed by atoms with van der Waals surface area (Å²) in [4.78, 5) is 18.1. The molecule has 1 fully saturated rings. The number of benzene rings is 1. The summed E-state index contributed by atoms with van der Waals surface area (Å²) in [6.07, 6.45) is 3.33. The molecule has 8 heteroatoms. The van der Waals surface area contributed by atoms with E-state index in [1.807, 2.05) is 18.2 Å². The van der Waals surface area contributed by atoms with Crippen LogP contribution in [0.2, 0.25) is 0 Å². The number of hydrogen-bond donors (Lipinski definition) is 2. The number of aromatic nitrogens is 1. The lowest BCUT2D eigenvalue weighted by molar-refractivity contribution is 0.218. The maximum absolute atomic E-state index is 12.4. The van der Waals surface area contributed by atoms with Gasteiger partial charge in [-0.05, 0) is 37.6 Å². The summed E-state index contributed by atoms with van der Waals surface area (Å²) < 4.78 is 25.6. The molecular formula is C18H22N4O3S. The summed E-state index contributed by atoms with van der Waals surface area (Å²) in [7, 11) is -0.460. The highest BCUT2D eigenvalue weighted by Crippen LogP contribution is 2.48. The van der Waals surface area contributed by atoms with Crippen LogP contribution in [0.15, 0.2) is 53.6 Å². The second kappa shape index (κ2) is 7.05. The summed E-state index contributed by atoms with van der Waals surface area (Å²) in [6, 6.07) is 12.8. The van der Waals surface area contributed by atoms with Crippen molar-refractivity contribution in [3.63, 3.8) is 0 Å². The Hall–Kier alpha value is -2.45. The Bertz CT molecular complexity index is 878. The zero-order valence-electron chi connectivity index (χ0n) is 14.8. The van der Waals surface area contributed by atoms with Crippen molar-refractivity contribution in [3.8, 4) is 0 Å². The maximum atomic E-state index is 12.4. The first-order valence-electron chi connectivity index (χ1n) is 8.34. The van der Waals surface area contributed by atoms with Crippen LogP contribution >= 0.6 is 0 Å². The molecule has 2 amide bonds. The molecule has 0 aliphatic heterocycles. The largest absolute Gasteiger partial charge is 0.327 e. The van der Waals surface area contributed by atoms with E-state index in [4.69, 9.17) is 0 Å². The third-order valence-corrected chi connectivity index (χ3v) is 6.08. The normalized spacial score (nSPS) is 15.3. The van der Waals surface area contributed by atoms with E-state index >= 15 is 0 Å². The Morgan fingerprint density at radius 3 is 2.42 bits per heavy atom. The molecule has 26 heavy (non-hydrogen) atoms. The lowest BCUT2D eigenvalue weighted by Crippen LogP contribution is -2.37. The van der Waals surface area contributed by atoms with Crippen LogP contribution in [0.5, 0.6) is 0 Å². The van der Waals surface area contributed by atoms with Crippen molar-refractivity contribution < 1.29 is 13.2 Å². The van der Waals surface area contributed by atoms with E-state index in [1.54, 1.807) is 11.9 Å². The molecule has 2 aromatic rings. The minimum Gasteiger partial charge on any atom is -0.327 e. The number of anilines is 1. The number of likely N-dealkylation sites (N-methyl/N-ethyl adjacent to an activating group) is 1. The molecule has 1 aromatic carbocycles. The summed E-state index contributed by atoms with van der Waals surface area (Å²) >= 11 is 0. The summed E-state index contributed by atoms with van der Waals surface area (Å²) in [5, 5.41) is 2.70. The highest BCUT2D eigenvalue weighted by molar-refractivity contribution is 7.89. The van der Waals surface area contributed by atoms with Crippen molar-refractivity contribution in [2.45, 2.75) is 23.2 Å². The lowest BCUT2D eigenvalue weighted by Gasteiger charge is -2.24. The third-order valence-electron chi connectivity index (χ3n) is 4.68. The van der Waals surface area contributed by atoms with E-state index in [0.29, 0.717) is 12.4 Å². The number of sulfonamides is 1. The van der Waals surface area contributed by atoms with Crippen LogP contribution in [0.1, 0.15) is 18.4 Å². The fraction of sp³-hybridized carbons (Fsp3) is 0.333. The monoisotopic (exact) mass is 374 g/mol. The van der Waals surface area contributed by atoms with E-state index in [2.05, 4.69) is 27.2 Å². The predicted octanol–water partition coefficient (Wildman–Crippen LogP) is 2.19. The Balaban J connectivity index is 1.63. The molecule has 1 saturated carbocycles. The van der Waals surface area contributed by atoms with Gasteiger partial charge in [0.1, 0.15) is 10.7 Å². The van der Waals surface area contributed by atoms with Crippen LogP contribution in [-0.2, 0) is 15.4 Å². The standard InChI is InChI=1S/C18H22N4O3S/c1-19-26(24,25)15-8-9-16(20-12-15)21-17(23)22(2)13-18(10-11-18)14-6-4-3-5-7-14/h3-9,12,19H,10-11,13H2,1-2H3,(H,20,21,23). The number of carbonyl (C=O) groups excluding carboxylic acids is 1. The van der Waals surface area contributed by atoms with E-state index in [0.717, 1.165) is 12.8 Å². The maximum Gasteiger partial charge on any atom is 0.322 e. The molecule has 0 saturated heterocycles. The molecule has 0 spiro atoms. The third kappa shape index (κ3) is 3.86. The van der Waals surface area contributed by atoms with Crippen molar-refractivity contribution in [1.82, 2.24) is 14.6 Å². The molecule has 3 rings (SSSR count). The molecule has 1 heterocycles. The van der Waals surface area contributed by atoms with Crippen LogP contribution in [0.3, 0.4) is 0 Å². The van der Waals surface area contributed by atoms with Crippen LogP contribution in [0.25, 0.3) is 0 Å². The lowest BCUT2D eigenvalue weighted by atomic mass is 9.95. The molecule has 138 valence electrons. The number of nitrogens with one attached hydrogen (secondary N) is 2. The fourth-order valence-corrected chi connectivity index (χ4v) is 3.62. The Kier molecular flexibility index (Phi) is 4.97. The Labute approximate surface area is 153 Å². The molecule has 2 N–H and O–H groups in total. The molecule has 0 unspecified atom stereocenters. The van der Waals surface area contributed by atoms with Gasteiger partial charge < -0.3 is 4.90 Å². The number of rotatable bonds is 6. The zero-order valence-corrected chi connectivity index (χ0v) is 15.6. The van der Waals surface area contributed by atoms with E-state index in [9.17, 15) is 13.2 Å². The van der Waals surface area contributed by atoms with Crippen LogP contribution in [-0.4, -0.2) is 45.0 Å². The van der Waals surface area contributed by atoms with Crippen LogP contribution < -0.4 is 10.0 Å². The Morgan fingerprint density at radius 1 is 1.19 bits per heavy atom. The number of hydrogen-bond acceptors (Lipinski definition) is 4. The van der Waals surface area contributed by atoms with Crippen molar-refractivity contribution in [2.24, 2.45) is 0 Å². The van der Waals surface area contributed by atoms with Crippen LogP contribution in [0, 0.1) is 0 Å². The summed E-state index contributed by atoms with van der Waals surface area (Å²) in [5.41, 5.74) is 1.28. The van der Waals surface area contributed by atoms with Crippen molar-refractivity contribution in [1.29, 1.82) is 0 Å². The van der Waals surface area contributed by atoms with Gasteiger partial charge in [0, 0.05) is 25.2 Å². The molecule has 7 nitrogen and oxygen atoms in total. The zero-order chi connectivity index (χ0) is 18.8. The summed E-state index contributed by atoms with van der Waals surface area (Å²) in [6.45, 7) is 0.620. The van der Waals surface area contributed by atoms with Gasteiger partial charge in [0.05, 0.1) is 0 Å². The van der Waals surface area contributed by atoms with Gasteiger partial charge >= 0.3 is 6.03 Å². The second-order valence-electron chi connectivity index (χ2n) is 6.52. The van der Waals surface area contributed by atoms with E-state index in [-0.39, 0.29) is 16.3 Å². The van der Waals surface area contributed by atoms with Gasteiger partial charge in [-0.25, -0.2) is 22.9 Å². The number of pyridine rings is 1. The molecule has 0 radical (unpaired) electrons. The second-order valence-corrected chi connectivity index (χ2v) is 8.41. The van der Waals surface area contributed by atoms with Crippen molar-refractivity contribution in [3.05, 3.63) is 54.2 Å². The van der Waals surface area contributed by atoms with Crippen molar-refractivity contribution in [2.75, 3.05) is 26.0 Å². The van der Waals surface area contributed by atoms with E-state index in [1.165, 1.54) is 30.9 Å². The van der Waals surface area contributed by atoms with E-state index < -0.39 is 10.0 Å². The van der Waals surface area contributed by atoms with Gasteiger partial charge in [-0.1, -0.05) is 30.3 Å². The number of urea groups is 1. The quantitative estimate of drug-likeness (QED) is 0.811. The van der Waals surface area contributed by atoms with Gasteiger partial charge in [0.2, 0.25) is 10.0 Å². The minimum absolute atomic E-state index is 0.0332. The van der Waals surface area contributed by atoms with Gasteiger partial charge in [-0.3, -0.25) is 5.32 Å². The molecular weight excluding hydrogens is 352 g/mol. The molecule has 1 aromatic heterocycles. The van der Waals surface area contributed by atoms with Crippen LogP contribution in [0.4, 0.5) is 10.6 Å².